The maximum atomic E-state index is 5.02. The van der Waals surface area contributed by atoms with Gasteiger partial charge in [-0.1, -0.05) is 0 Å². The van der Waals surface area contributed by atoms with Crippen molar-refractivity contribution in [1.82, 2.24) is 0 Å². The Labute approximate surface area is 46.9 Å². The summed E-state index contributed by atoms with van der Waals surface area (Å²) in [4.78, 5) is 3.91. The molecule has 0 unspecified atom stereocenters. The molecule has 0 aromatic heterocycles. The van der Waals surface area contributed by atoms with E-state index in [0.29, 0.717) is 0 Å². The minimum atomic E-state index is -0.00521. The molecule has 0 N–H and O–H groups in total. The molecule has 0 aliphatic rings. The van der Waals surface area contributed by atoms with Crippen LogP contribution in [-0.2, 0) is 0 Å². The number of hydrogen-bond donors (Lipinski definition) is 0. The van der Waals surface area contributed by atoms with Gasteiger partial charge in [0, 0.05) is 0 Å². The van der Waals surface area contributed by atoms with Crippen LogP contribution in [0.1, 0.15) is 20.8 Å². The standard InChI is InChI=1S/C4H9B2N/c1-4(2,3)7-6-5/h1-3H3. The summed E-state index contributed by atoms with van der Waals surface area (Å²) in [6.45, 7) is 7.32. The topological polar surface area (TPSA) is 12.4 Å². The fourth-order valence-electron chi connectivity index (χ4n) is 0.224. The number of rotatable bonds is 0. The summed E-state index contributed by atoms with van der Waals surface area (Å²) in [6, 6.07) is 0. The first-order valence-electron chi connectivity index (χ1n) is 2.32. The van der Waals surface area contributed by atoms with E-state index in [-0.39, 0.29) is 5.54 Å². The Bertz CT molecular complexity index is 72.2. The zero-order valence-corrected chi connectivity index (χ0v) is 5.10. The normalized spacial score (nSPS) is 11.9. The molecule has 36 valence electrons. The Hall–Kier alpha value is -0.0701. The zero-order valence-electron chi connectivity index (χ0n) is 5.10. The average molecular weight is 92.7 g/mol. The van der Waals surface area contributed by atoms with Gasteiger partial charge in [-0.3, -0.25) is 0 Å². The molecule has 0 aromatic rings. The van der Waals surface area contributed by atoms with E-state index >= 15 is 0 Å². The third-order valence-corrected chi connectivity index (χ3v) is 0.462. The summed E-state index contributed by atoms with van der Waals surface area (Å²) in [5.74, 6) is 0. The Morgan fingerprint density at radius 1 is 1.43 bits per heavy atom. The van der Waals surface area contributed by atoms with Crippen molar-refractivity contribution in [3.63, 3.8) is 0 Å². The molecule has 0 aliphatic carbocycles. The van der Waals surface area contributed by atoms with Crippen molar-refractivity contribution < 1.29 is 0 Å². The number of hydrogen-bond acceptors (Lipinski definition) is 1. The monoisotopic (exact) mass is 93.1 g/mol. The molecule has 0 heterocycles. The third kappa shape index (κ3) is 5.93. The van der Waals surface area contributed by atoms with Gasteiger partial charge in [-0.15, -0.1) is 0 Å². The molecule has 0 fully saturated rings. The van der Waals surface area contributed by atoms with Gasteiger partial charge < -0.3 is 0 Å². The SMILES string of the molecule is [B]B=NC(C)(C)C. The maximum absolute atomic E-state index is 5.02. The predicted molar refractivity (Wildman–Crippen MR) is 33.7 cm³/mol. The van der Waals surface area contributed by atoms with E-state index in [4.69, 9.17) is 7.74 Å². The van der Waals surface area contributed by atoms with E-state index in [1.165, 1.54) is 6.96 Å². The Balaban J connectivity index is 3.56. The molecule has 0 rings (SSSR count). The summed E-state index contributed by atoms with van der Waals surface area (Å²) < 4.78 is 0. The van der Waals surface area contributed by atoms with Gasteiger partial charge in [0.15, 0.2) is 0 Å². The van der Waals surface area contributed by atoms with Crippen molar-refractivity contribution in [3.05, 3.63) is 0 Å². The van der Waals surface area contributed by atoms with Gasteiger partial charge in [0.25, 0.3) is 0 Å². The molecule has 2 radical (unpaired) electrons. The van der Waals surface area contributed by atoms with Gasteiger partial charge in [0.1, 0.15) is 0 Å². The van der Waals surface area contributed by atoms with Crippen LogP contribution < -0.4 is 0 Å². The molecule has 7 heavy (non-hydrogen) atoms. The van der Waals surface area contributed by atoms with Gasteiger partial charge in [0.05, 0.1) is 0 Å². The van der Waals surface area contributed by atoms with Gasteiger partial charge >= 0.3 is 45.9 Å². The average Bonchev–Trinajstić information content (AvgIpc) is 1.30. The van der Waals surface area contributed by atoms with Gasteiger partial charge in [-0.05, 0) is 0 Å². The Morgan fingerprint density at radius 2 is 1.86 bits per heavy atom. The summed E-state index contributed by atoms with van der Waals surface area (Å²) in [5.41, 5.74) is -0.00521. The molecule has 0 amide bonds. The summed E-state index contributed by atoms with van der Waals surface area (Å²) in [5, 5.41) is 0. The van der Waals surface area contributed by atoms with Crippen LogP contribution in [0.4, 0.5) is 0 Å². The zero-order chi connectivity index (χ0) is 5.91. The molecule has 0 spiro atoms. The molecule has 3 heteroatoms. The van der Waals surface area contributed by atoms with Crippen LogP contribution in [0.15, 0.2) is 4.90 Å². The van der Waals surface area contributed by atoms with E-state index in [2.05, 4.69) is 4.90 Å². The predicted octanol–water partition coefficient (Wildman–Crippen LogP) is 0.756. The molecular formula is C4H9B2N. The van der Waals surface area contributed by atoms with E-state index in [0.717, 1.165) is 0 Å². The van der Waals surface area contributed by atoms with Crippen LogP contribution in [0.25, 0.3) is 0 Å². The van der Waals surface area contributed by atoms with Crippen molar-refractivity contribution in [2.45, 2.75) is 26.3 Å². The van der Waals surface area contributed by atoms with Crippen LogP contribution in [0, 0.1) is 0 Å². The quantitative estimate of drug-likeness (QED) is 0.392. The first-order chi connectivity index (χ1) is 3.06. The summed E-state index contributed by atoms with van der Waals surface area (Å²) >= 11 is 0. The minimum absolute atomic E-state index is 0.00521. The number of nitrogens with zero attached hydrogens (tertiary/aromatic N) is 1. The van der Waals surface area contributed by atoms with Gasteiger partial charge in [-0.25, -0.2) is 0 Å². The second-order valence-corrected chi connectivity index (χ2v) is 2.45. The van der Waals surface area contributed by atoms with E-state index < -0.39 is 0 Å². The molecule has 0 aromatic carbocycles. The van der Waals surface area contributed by atoms with Crippen molar-refractivity contribution >= 4 is 14.7 Å². The third-order valence-electron chi connectivity index (χ3n) is 0.462. The van der Waals surface area contributed by atoms with Crippen molar-refractivity contribution in [2.24, 2.45) is 4.90 Å². The van der Waals surface area contributed by atoms with Crippen LogP contribution in [-0.4, -0.2) is 20.2 Å². The van der Waals surface area contributed by atoms with Crippen LogP contribution in [0.2, 0.25) is 0 Å². The van der Waals surface area contributed by atoms with E-state index in [1.54, 1.807) is 0 Å². The molecular weight excluding hydrogens is 83.7 g/mol. The van der Waals surface area contributed by atoms with Crippen LogP contribution in [0.3, 0.4) is 0 Å². The molecule has 0 bridgehead atoms. The van der Waals surface area contributed by atoms with E-state index in [9.17, 15) is 0 Å². The van der Waals surface area contributed by atoms with Gasteiger partial charge in [-0.2, -0.15) is 0 Å². The van der Waals surface area contributed by atoms with Crippen molar-refractivity contribution in [3.8, 4) is 0 Å². The Kier molecular flexibility index (Phi) is 2.27. The molecule has 0 saturated carbocycles. The summed E-state index contributed by atoms with van der Waals surface area (Å²) in [6.07, 6.45) is 0. The molecule has 0 saturated heterocycles. The summed E-state index contributed by atoms with van der Waals surface area (Å²) in [7, 11) is 5.02. The molecule has 0 aliphatic heterocycles. The molecule has 0 atom stereocenters. The van der Waals surface area contributed by atoms with Gasteiger partial charge in [0.2, 0.25) is 0 Å². The fraction of sp³-hybridized carbons (Fsp3) is 1.00. The van der Waals surface area contributed by atoms with Crippen LogP contribution >= 0.6 is 0 Å². The van der Waals surface area contributed by atoms with Crippen molar-refractivity contribution in [2.75, 3.05) is 0 Å². The Morgan fingerprint density at radius 3 is 1.86 bits per heavy atom. The first kappa shape index (κ1) is 6.93. The van der Waals surface area contributed by atoms with Crippen molar-refractivity contribution in [1.29, 1.82) is 0 Å². The second kappa shape index (κ2) is 2.29. The fourth-order valence-corrected chi connectivity index (χ4v) is 0.224. The second-order valence-electron chi connectivity index (χ2n) is 2.45. The molecule has 1 nitrogen and oxygen atoms in total. The first-order valence-corrected chi connectivity index (χ1v) is 2.32. The van der Waals surface area contributed by atoms with E-state index in [1.807, 2.05) is 20.8 Å². The van der Waals surface area contributed by atoms with Crippen LogP contribution in [0.5, 0.6) is 0 Å².